The van der Waals surface area contributed by atoms with Crippen LogP contribution in [0.4, 0.5) is 5.69 Å². The van der Waals surface area contributed by atoms with Gasteiger partial charge < -0.3 is 10.1 Å². The van der Waals surface area contributed by atoms with Gasteiger partial charge in [-0.3, -0.25) is 4.79 Å². The van der Waals surface area contributed by atoms with Gasteiger partial charge in [0.1, 0.15) is 6.07 Å². The molecule has 0 fully saturated rings. The summed E-state index contributed by atoms with van der Waals surface area (Å²) in [5.74, 6) is -1.05. The SMILES string of the molecule is Cc1ccccc1C(=O)O[C@@H](C)C(=O)Nc1ccccc1C#N. The molecule has 0 aliphatic heterocycles. The van der Waals surface area contributed by atoms with Crippen molar-refractivity contribution in [1.29, 1.82) is 5.26 Å². The Hall–Kier alpha value is -3.13. The van der Waals surface area contributed by atoms with Crippen LogP contribution in [-0.4, -0.2) is 18.0 Å². The summed E-state index contributed by atoms with van der Waals surface area (Å²) in [5, 5.41) is 11.6. The van der Waals surface area contributed by atoms with Gasteiger partial charge in [0.25, 0.3) is 5.91 Å². The average molecular weight is 308 g/mol. The van der Waals surface area contributed by atoms with Gasteiger partial charge in [-0.2, -0.15) is 5.26 Å². The van der Waals surface area contributed by atoms with Crippen molar-refractivity contribution in [1.82, 2.24) is 0 Å². The van der Waals surface area contributed by atoms with Crippen LogP contribution in [0.2, 0.25) is 0 Å². The molecule has 0 heterocycles. The third kappa shape index (κ3) is 3.95. The Kier molecular flexibility index (Phi) is 5.11. The quantitative estimate of drug-likeness (QED) is 0.880. The van der Waals surface area contributed by atoms with E-state index in [-0.39, 0.29) is 0 Å². The predicted octanol–water partition coefficient (Wildman–Crippen LogP) is 3.05. The van der Waals surface area contributed by atoms with E-state index in [1.165, 1.54) is 6.92 Å². The number of benzene rings is 2. The van der Waals surface area contributed by atoms with Crippen molar-refractivity contribution in [2.75, 3.05) is 5.32 Å². The highest BCUT2D eigenvalue weighted by atomic mass is 16.5. The van der Waals surface area contributed by atoms with Crippen molar-refractivity contribution in [2.24, 2.45) is 0 Å². The van der Waals surface area contributed by atoms with Crippen LogP contribution >= 0.6 is 0 Å². The predicted molar refractivity (Wildman–Crippen MR) is 85.8 cm³/mol. The van der Waals surface area contributed by atoms with Crippen molar-refractivity contribution >= 4 is 17.6 Å². The van der Waals surface area contributed by atoms with E-state index >= 15 is 0 Å². The highest BCUT2D eigenvalue weighted by Gasteiger charge is 2.20. The van der Waals surface area contributed by atoms with E-state index in [1.807, 2.05) is 12.1 Å². The summed E-state index contributed by atoms with van der Waals surface area (Å²) >= 11 is 0. The van der Waals surface area contributed by atoms with Crippen LogP contribution in [0, 0.1) is 18.3 Å². The lowest BCUT2D eigenvalue weighted by Crippen LogP contribution is -2.30. The summed E-state index contributed by atoms with van der Waals surface area (Å²) < 4.78 is 5.19. The Morgan fingerprint density at radius 1 is 1.13 bits per heavy atom. The summed E-state index contributed by atoms with van der Waals surface area (Å²) in [6.07, 6.45) is -0.978. The fraction of sp³-hybridized carbons (Fsp3) is 0.167. The number of carbonyl (C=O) groups excluding carboxylic acids is 2. The third-order valence-corrected chi connectivity index (χ3v) is 3.32. The van der Waals surface area contributed by atoms with Gasteiger partial charge >= 0.3 is 5.97 Å². The second-order valence-corrected chi connectivity index (χ2v) is 5.01. The molecule has 0 spiro atoms. The number of ether oxygens (including phenoxy) is 1. The number of esters is 1. The van der Waals surface area contributed by atoms with Gasteiger partial charge in [0.15, 0.2) is 6.10 Å². The molecule has 2 aromatic carbocycles. The molecule has 116 valence electrons. The largest absolute Gasteiger partial charge is 0.449 e. The van der Waals surface area contributed by atoms with Crippen LogP contribution in [-0.2, 0) is 9.53 Å². The highest BCUT2D eigenvalue weighted by Crippen LogP contribution is 2.15. The molecule has 1 atom stereocenters. The summed E-state index contributed by atoms with van der Waals surface area (Å²) in [7, 11) is 0. The summed E-state index contributed by atoms with van der Waals surface area (Å²) in [4.78, 5) is 24.2. The molecule has 0 saturated heterocycles. The number of carbonyl (C=O) groups is 2. The number of hydrogen-bond donors (Lipinski definition) is 1. The smallest absolute Gasteiger partial charge is 0.339 e. The van der Waals surface area contributed by atoms with Gasteiger partial charge in [-0.15, -0.1) is 0 Å². The molecule has 23 heavy (non-hydrogen) atoms. The van der Waals surface area contributed by atoms with E-state index in [4.69, 9.17) is 10.00 Å². The summed E-state index contributed by atoms with van der Waals surface area (Å²) in [5.41, 5.74) is 1.93. The van der Waals surface area contributed by atoms with Crippen molar-refractivity contribution in [2.45, 2.75) is 20.0 Å². The minimum absolute atomic E-state index is 0.346. The van der Waals surface area contributed by atoms with E-state index < -0.39 is 18.0 Å². The zero-order chi connectivity index (χ0) is 16.8. The lowest BCUT2D eigenvalue weighted by molar-refractivity contribution is -0.123. The minimum atomic E-state index is -0.978. The molecule has 5 heteroatoms. The first-order valence-corrected chi connectivity index (χ1v) is 7.09. The normalized spacial score (nSPS) is 11.2. The van der Waals surface area contributed by atoms with E-state index in [1.54, 1.807) is 49.4 Å². The third-order valence-electron chi connectivity index (χ3n) is 3.32. The number of amides is 1. The average Bonchev–Trinajstić information content (AvgIpc) is 2.55. The molecule has 0 saturated carbocycles. The molecule has 1 amide bonds. The molecule has 5 nitrogen and oxygen atoms in total. The number of hydrogen-bond acceptors (Lipinski definition) is 4. The van der Waals surface area contributed by atoms with Gasteiger partial charge in [-0.1, -0.05) is 30.3 Å². The van der Waals surface area contributed by atoms with E-state index in [2.05, 4.69) is 5.32 Å². The fourth-order valence-corrected chi connectivity index (χ4v) is 2.00. The lowest BCUT2D eigenvalue weighted by atomic mass is 10.1. The number of nitriles is 1. The summed E-state index contributed by atoms with van der Waals surface area (Å²) in [6.45, 7) is 3.28. The highest BCUT2D eigenvalue weighted by molar-refractivity contribution is 5.98. The zero-order valence-corrected chi connectivity index (χ0v) is 12.9. The maximum Gasteiger partial charge on any atom is 0.339 e. The number of rotatable bonds is 4. The molecular weight excluding hydrogens is 292 g/mol. The van der Waals surface area contributed by atoms with Crippen LogP contribution in [0.25, 0.3) is 0 Å². The van der Waals surface area contributed by atoms with Crippen LogP contribution in [0.5, 0.6) is 0 Å². The molecule has 0 aromatic heterocycles. The Bertz CT molecular complexity index is 778. The van der Waals surface area contributed by atoms with E-state index in [0.717, 1.165) is 5.56 Å². The topological polar surface area (TPSA) is 79.2 Å². The molecule has 0 aliphatic carbocycles. The summed E-state index contributed by atoms with van der Waals surface area (Å²) in [6, 6.07) is 15.6. The van der Waals surface area contributed by atoms with Gasteiger partial charge in [-0.05, 0) is 37.6 Å². The first kappa shape index (κ1) is 16.2. The maximum atomic E-state index is 12.1. The molecule has 1 N–H and O–H groups in total. The van der Waals surface area contributed by atoms with E-state index in [9.17, 15) is 9.59 Å². The first-order chi connectivity index (χ1) is 11.0. The molecule has 0 bridgehead atoms. The van der Waals surface area contributed by atoms with Crippen LogP contribution in [0.15, 0.2) is 48.5 Å². The van der Waals surface area contributed by atoms with E-state index in [0.29, 0.717) is 16.8 Å². The van der Waals surface area contributed by atoms with Crippen LogP contribution in [0.3, 0.4) is 0 Å². The Morgan fingerprint density at radius 3 is 2.48 bits per heavy atom. The number of aryl methyl sites for hydroxylation is 1. The molecule has 0 unspecified atom stereocenters. The molecule has 2 aromatic rings. The van der Waals surface area contributed by atoms with Crippen molar-refractivity contribution in [3.8, 4) is 6.07 Å². The van der Waals surface area contributed by atoms with Gasteiger partial charge in [0, 0.05) is 0 Å². The molecule has 2 rings (SSSR count). The number of para-hydroxylation sites is 1. The second kappa shape index (κ2) is 7.23. The van der Waals surface area contributed by atoms with Gasteiger partial charge in [-0.25, -0.2) is 4.79 Å². The monoisotopic (exact) mass is 308 g/mol. The van der Waals surface area contributed by atoms with Crippen LogP contribution in [0.1, 0.15) is 28.4 Å². The fourth-order valence-electron chi connectivity index (χ4n) is 2.00. The number of nitrogens with zero attached hydrogens (tertiary/aromatic N) is 1. The van der Waals surface area contributed by atoms with Crippen molar-refractivity contribution < 1.29 is 14.3 Å². The molecule has 0 radical (unpaired) electrons. The molecule has 0 aliphatic rings. The minimum Gasteiger partial charge on any atom is -0.449 e. The van der Waals surface area contributed by atoms with Crippen LogP contribution < -0.4 is 5.32 Å². The lowest BCUT2D eigenvalue weighted by Gasteiger charge is -2.14. The maximum absolute atomic E-state index is 12.1. The van der Waals surface area contributed by atoms with Crippen molar-refractivity contribution in [3.63, 3.8) is 0 Å². The van der Waals surface area contributed by atoms with Gasteiger partial charge in [0.05, 0.1) is 16.8 Å². The first-order valence-electron chi connectivity index (χ1n) is 7.09. The standard InChI is InChI=1S/C18H16N2O3/c1-12-7-3-5-9-15(12)18(22)23-13(2)17(21)20-16-10-6-4-8-14(16)11-19/h3-10,13H,1-2H3,(H,20,21)/t13-/m0/s1. The Morgan fingerprint density at radius 2 is 1.78 bits per heavy atom. The number of anilines is 1. The Labute approximate surface area is 134 Å². The molecular formula is C18H16N2O3. The Balaban J connectivity index is 2.05. The number of nitrogens with one attached hydrogen (secondary N) is 1. The van der Waals surface area contributed by atoms with Crippen molar-refractivity contribution in [3.05, 3.63) is 65.2 Å². The second-order valence-electron chi connectivity index (χ2n) is 5.01. The zero-order valence-electron chi connectivity index (χ0n) is 12.9. The van der Waals surface area contributed by atoms with Gasteiger partial charge in [0.2, 0.25) is 0 Å².